The summed E-state index contributed by atoms with van der Waals surface area (Å²) in [6.45, 7) is 4.85. The molecule has 0 unspecified atom stereocenters. The van der Waals surface area contributed by atoms with Crippen LogP contribution in [0.2, 0.25) is 0 Å². The SMILES string of the molecule is CC(C)n1nccc1-c1ncccc1COc1cccc(OC(=O)CCN(C)C)c1C=O. The molecule has 0 aliphatic rings. The molecule has 0 fully saturated rings. The number of pyridine rings is 1. The van der Waals surface area contributed by atoms with Crippen molar-refractivity contribution in [3.63, 3.8) is 0 Å². The number of rotatable bonds is 10. The van der Waals surface area contributed by atoms with E-state index in [0.29, 0.717) is 18.6 Å². The Morgan fingerprint density at radius 1 is 1.12 bits per heavy atom. The second-order valence-corrected chi connectivity index (χ2v) is 7.87. The topological polar surface area (TPSA) is 86.6 Å². The van der Waals surface area contributed by atoms with E-state index < -0.39 is 5.97 Å². The lowest BCUT2D eigenvalue weighted by Crippen LogP contribution is -2.19. The molecule has 0 spiro atoms. The van der Waals surface area contributed by atoms with Gasteiger partial charge in [0.2, 0.25) is 0 Å². The van der Waals surface area contributed by atoms with Crippen LogP contribution in [-0.2, 0) is 11.4 Å². The molecule has 0 saturated heterocycles. The molecule has 1 aromatic carbocycles. The summed E-state index contributed by atoms with van der Waals surface area (Å²) in [5.41, 5.74) is 2.69. The van der Waals surface area contributed by atoms with Gasteiger partial charge in [-0.2, -0.15) is 5.10 Å². The van der Waals surface area contributed by atoms with Crippen LogP contribution in [0.1, 0.15) is 42.2 Å². The number of ether oxygens (including phenoxy) is 2. The molecule has 3 rings (SSSR count). The first-order valence-corrected chi connectivity index (χ1v) is 10.4. The molecule has 0 amide bonds. The normalized spacial score (nSPS) is 11.1. The van der Waals surface area contributed by atoms with Gasteiger partial charge in [-0.05, 0) is 52.2 Å². The molecule has 8 heteroatoms. The van der Waals surface area contributed by atoms with Crippen molar-refractivity contribution in [2.24, 2.45) is 0 Å². The van der Waals surface area contributed by atoms with E-state index in [1.54, 1.807) is 30.6 Å². The summed E-state index contributed by atoms with van der Waals surface area (Å²) >= 11 is 0. The molecule has 32 heavy (non-hydrogen) atoms. The first kappa shape index (κ1) is 23.1. The molecule has 0 radical (unpaired) electrons. The number of benzene rings is 1. The number of aromatic nitrogens is 3. The Hall–Kier alpha value is -3.52. The Morgan fingerprint density at radius 2 is 1.91 bits per heavy atom. The zero-order valence-corrected chi connectivity index (χ0v) is 18.8. The van der Waals surface area contributed by atoms with Crippen LogP contribution in [0.25, 0.3) is 11.4 Å². The number of nitrogens with zero attached hydrogens (tertiary/aromatic N) is 4. The van der Waals surface area contributed by atoms with Crippen molar-refractivity contribution >= 4 is 12.3 Å². The maximum atomic E-state index is 12.1. The maximum Gasteiger partial charge on any atom is 0.312 e. The molecule has 2 heterocycles. The van der Waals surface area contributed by atoms with E-state index in [4.69, 9.17) is 9.47 Å². The van der Waals surface area contributed by atoms with E-state index in [2.05, 4.69) is 23.9 Å². The lowest BCUT2D eigenvalue weighted by molar-refractivity contribution is -0.134. The molecule has 0 atom stereocenters. The first-order chi connectivity index (χ1) is 15.4. The van der Waals surface area contributed by atoms with Crippen LogP contribution >= 0.6 is 0 Å². The number of carbonyl (C=O) groups excluding carboxylic acids is 2. The molecule has 0 aliphatic carbocycles. The molecule has 3 aromatic rings. The summed E-state index contributed by atoms with van der Waals surface area (Å²) in [7, 11) is 3.75. The van der Waals surface area contributed by atoms with Gasteiger partial charge in [0.1, 0.15) is 18.1 Å². The van der Waals surface area contributed by atoms with E-state index in [9.17, 15) is 9.59 Å². The van der Waals surface area contributed by atoms with Crippen LogP contribution in [0.5, 0.6) is 11.5 Å². The van der Waals surface area contributed by atoms with E-state index in [1.165, 1.54) is 0 Å². The van der Waals surface area contributed by atoms with Crippen molar-refractivity contribution < 1.29 is 19.1 Å². The van der Waals surface area contributed by atoms with Gasteiger partial charge < -0.3 is 14.4 Å². The Balaban J connectivity index is 1.80. The van der Waals surface area contributed by atoms with Crippen molar-refractivity contribution in [1.82, 2.24) is 19.7 Å². The monoisotopic (exact) mass is 436 g/mol. The van der Waals surface area contributed by atoms with Gasteiger partial charge in [0, 0.05) is 30.5 Å². The van der Waals surface area contributed by atoms with Crippen molar-refractivity contribution in [2.75, 3.05) is 20.6 Å². The molecule has 0 aliphatic heterocycles. The smallest absolute Gasteiger partial charge is 0.312 e. The van der Waals surface area contributed by atoms with Crippen LogP contribution in [0.15, 0.2) is 48.8 Å². The third kappa shape index (κ3) is 5.59. The van der Waals surface area contributed by atoms with Gasteiger partial charge in [0.05, 0.1) is 23.4 Å². The highest BCUT2D eigenvalue weighted by molar-refractivity contribution is 5.86. The summed E-state index contributed by atoms with van der Waals surface area (Å²) in [5, 5.41) is 4.38. The molecular formula is C24H28N4O4. The molecule has 0 saturated carbocycles. The van der Waals surface area contributed by atoms with Crippen LogP contribution < -0.4 is 9.47 Å². The number of esters is 1. The summed E-state index contributed by atoms with van der Waals surface area (Å²) in [5.74, 6) is 0.117. The number of hydrogen-bond donors (Lipinski definition) is 0. The zero-order valence-electron chi connectivity index (χ0n) is 18.8. The average Bonchev–Trinajstić information content (AvgIpc) is 3.26. The van der Waals surface area contributed by atoms with Crippen molar-refractivity contribution in [2.45, 2.75) is 32.9 Å². The van der Waals surface area contributed by atoms with E-state index in [1.807, 2.05) is 41.9 Å². The van der Waals surface area contributed by atoms with Crippen molar-refractivity contribution in [3.05, 3.63) is 59.9 Å². The molecule has 0 N–H and O–H groups in total. The highest BCUT2D eigenvalue weighted by Crippen LogP contribution is 2.29. The minimum atomic E-state index is -0.407. The quantitative estimate of drug-likeness (QED) is 0.272. The fourth-order valence-electron chi connectivity index (χ4n) is 3.20. The predicted molar refractivity (Wildman–Crippen MR) is 121 cm³/mol. The van der Waals surface area contributed by atoms with E-state index in [0.717, 1.165) is 17.0 Å². The number of hydrogen-bond acceptors (Lipinski definition) is 7. The molecule has 0 bridgehead atoms. The van der Waals surface area contributed by atoms with Gasteiger partial charge in [0.15, 0.2) is 6.29 Å². The van der Waals surface area contributed by atoms with Crippen LogP contribution in [-0.4, -0.2) is 52.6 Å². The maximum absolute atomic E-state index is 12.1. The van der Waals surface area contributed by atoms with Crippen LogP contribution in [0, 0.1) is 0 Å². The minimum absolute atomic E-state index is 0.177. The Bertz CT molecular complexity index is 1080. The Labute approximate surface area is 187 Å². The van der Waals surface area contributed by atoms with Gasteiger partial charge in [-0.15, -0.1) is 0 Å². The highest BCUT2D eigenvalue weighted by Gasteiger charge is 2.17. The van der Waals surface area contributed by atoms with Gasteiger partial charge in [-0.25, -0.2) is 0 Å². The largest absolute Gasteiger partial charge is 0.488 e. The summed E-state index contributed by atoms with van der Waals surface area (Å²) < 4.78 is 13.3. The van der Waals surface area contributed by atoms with Crippen LogP contribution in [0.4, 0.5) is 0 Å². The van der Waals surface area contributed by atoms with E-state index in [-0.39, 0.29) is 30.4 Å². The minimum Gasteiger partial charge on any atom is -0.488 e. The molecule has 8 nitrogen and oxygen atoms in total. The van der Waals surface area contributed by atoms with Crippen molar-refractivity contribution in [3.8, 4) is 22.9 Å². The Morgan fingerprint density at radius 3 is 2.62 bits per heavy atom. The van der Waals surface area contributed by atoms with E-state index >= 15 is 0 Å². The highest BCUT2D eigenvalue weighted by atomic mass is 16.5. The summed E-state index contributed by atoms with van der Waals surface area (Å²) in [6.07, 6.45) is 4.33. The van der Waals surface area contributed by atoms with Crippen LogP contribution in [0.3, 0.4) is 0 Å². The molecule has 2 aromatic heterocycles. The van der Waals surface area contributed by atoms with Crippen molar-refractivity contribution in [1.29, 1.82) is 0 Å². The molecule has 168 valence electrons. The lowest BCUT2D eigenvalue weighted by Gasteiger charge is -2.15. The number of aldehydes is 1. The third-order valence-corrected chi connectivity index (χ3v) is 4.81. The summed E-state index contributed by atoms with van der Waals surface area (Å²) in [6, 6.07) is 10.8. The Kier molecular flexibility index (Phi) is 7.72. The fourth-order valence-corrected chi connectivity index (χ4v) is 3.20. The predicted octanol–water partition coefficient (Wildman–Crippen LogP) is 3.77. The van der Waals surface area contributed by atoms with Gasteiger partial charge in [0.25, 0.3) is 0 Å². The second kappa shape index (κ2) is 10.7. The second-order valence-electron chi connectivity index (χ2n) is 7.87. The first-order valence-electron chi connectivity index (χ1n) is 10.4. The fraction of sp³-hybridized carbons (Fsp3) is 0.333. The standard InChI is InChI=1S/C24H28N4O4/c1-17(2)28-20(10-13-26-28)24-18(7-6-12-25-24)16-31-21-8-5-9-22(19(21)15-29)32-23(30)11-14-27(3)4/h5-10,12-13,15,17H,11,14,16H2,1-4H3. The molecular weight excluding hydrogens is 408 g/mol. The van der Waals surface area contributed by atoms with Gasteiger partial charge in [-0.1, -0.05) is 12.1 Å². The zero-order chi connectivity index (χ0) is 23.1. The number of carbonyl (C=O) groups is 2. The lowest BCUT2D eigenvalue weighted by atomic mass is 10.1. The van der Waals surface area contributed by atoms with Gasteiger partial charge >= 0.3 is 5.97 Å². The third-order valence-electron chi connectivity index (χ3n) is 4.81. The van der Waals surface area contributed by atoms with Gasteiger partial charge in [-0.3, -0.25) is 19.3 Å². The average molecular weight is 437 g/mol. The summed E-state index contributed by atoms with van der Waals surface area (Å²) in [4.78, 5) is 30.3.